The maximum absolute atomic E-state index is 9.14. The van der Waals surface area contributed by atoms with Gasteiger partial charge in [0.05, 0.1) is 0 Å². The van der Waals surface area contributed by atoms with E-state index in [9.17, 15) is 0 Å². The Morgan fingerprint density at radius 2 is 1.78 bits per heavy atom. The Labute approximate surface area is 107 Å². The molecule has 4 heteroatoms. The fraction of sp³-hybridized carbons (Fsp3) is 0.429. The first-order chi connectivity index (χ1) is 8.85. The van der Waals surface area contributed by atoms with Crippen molar-refractivity contribution in [2.75, 3.05) is 0 Å². The zero-order valence-corrected chi connectivity index (χ0v) is 10.7. The summed E-state index contributed by atoms with van der Waals surface area (Å²) >= 11 is 0. The van der Waals surface area contributed by atoms with E-state index in [0.717, 1.165) is 31.6 Å². The third-order valence-corrected chi connectivity index (χ3v) is 3.07. The lowest BCUT2D eigenvalue weighted by molar-refractivity contribution is 0.264. The molecule has 0 bridgehead atoms. The monoisotopic (exact) mass is 245 g/mol. The summed E-state index contributed by atoms with van der Waals surface area (Å²) in [6.45, 7) is 2.81. The van der Waals surface area contributed by atoms with Gasteiger partial charge < -0.3 is 9.67 Å². The van der Waals surface area contributed by atoms with Crippen LogP contribution in [0.25, 0.3) is 0 Å². The standard InChI is InChI=1S/C14H19N3O/c1-2-17-13(15-16-14(17)11-18)10-6-9-12-7-4-3-5-8-12/h3-5,7-8,18H,2,6,9-11H2,1H3. The smallest absolute Gasteiger partial charge is 0.158 e. The summed E-state index contributed by atoms with van der Waals surface area (Å²) in [4.78, 5) is 0. The maximum atomic E-state index is 9.14. The second-order valence-corrected chi connectivity index (χ2v) is 4.27. The molecule has 2 rings (SSSR count). The minimum absolute atomic E-state index is 0.0421. The number of hydrogen-bond donors (Lipinski definition) is 1. The SMILES string of the molecule is CCn1c(CO)nnc1CCCc1ccccc1. The molecule has 0 amide bonds. The second kappa shape index (κ2) is 6.31. The van der Waals surface area contributed by atoms with E-state index in [1.54, 1.807) is 0 Å². The Bertz CT molecular complexity index is 479. The molecule has 0 aliphatic carbocycles. The molecule has 0 fully saturated rings. The van der Waals surface area contributed by atoms with Crippen molar-refractivity contribution >= 4 is 0 Å². The van der Waals surface area contributed by atoms with Gasteiger partial charge in [-0.25, -0.2) is 0 Å². The Morgan fingerprint density at radius 3 is 2.44 bits per heavy atom. The van der Waals surface area contributed by atoms with Gasteiger partial charge in [0.1, 0.15) is 12.4 Å². The van der Waals surface area contributed by atoms with Crippen LogP contribution >= 0.6 is 0 Å². The topological polar surface area (TPSA) is 50.9 Å². The summed E-state index contributed by atoms with van der Waals surface area (Å²) in [5, 5.41) is 17.3. The number of aromatic nitrogens is 3. The number of hydrogen-bond acceptors (Lipinski definition) is 3. The van der Waals surface area contributed by atoms with E-state index >= 15 is 0 Å². The third-order valence-electron chi connectivity index (χ3n) is 3.07. The highest BCUT2D eigenvalue weighted by atomic mass is 16.3. The number of aliphatic hydroxyl groups is 1. The number of aliphatic hydroxyl groups excluding tert-OH is 1. The van der Waals surface area contributed by atoms with Gasteiger partial charge in [0.2, 0.25) is 0 Å². The fourth-order valence-corrected chi connectivity index (χ4v) is 2.13. The van der Waals surface area contributed by atoms with Crippen molar-refractivity contribution < 1.29 is 5.11 Å². The van der Waals surface area contributed by atoms with Crippen molar-refractivity contribution in [2.45, 2.75) is 39.3 Å². The normalized spacial score (nSPS) is 10.8. The number of benzene rings is 1. The van der Waals surface area contributed by atoms with Gasteiger partial charge in [0.15, 0.2) is 5.82 Å². The molecule has 1 aromatic carbocycles. The van der Waals surface area contributed by atoms with Gasteiger partial charge >= 0.3 is 0 Å². The van der Waals surface area contributed by atoms with E-state index in [0.29, 0.717) is 5.82 Å². The van der Waals surface area contributed by atoms with Crippen LogP contribution in [0.4, 0.5) is 0 Å². The number of aryl methyl sites for hydroxylation is 2. The molecular formula is C14H19N3O. The lowest BCUT2D eigenvalue weighted by atomic mass is 10.1. The lowest BCUT2D eigenvalue weighted by Crippen LogP contribution is -2.06. The quantitative estimate of drug-likeness (QED) is 0.846. The summed E-state index contributed by atoms with van der Waals surface area (Å²) in [6, 6.07) is 10.4. The van der Waals surface area contributed by atoms with Crippen LogP contribution in [0.5, 0.6) is 0 Å². The number of nitrogens with zero attached hydrogens (tertiary/aromatic N) is 3. The molecule has 96 valence electrons. The van der Waals surface area contributed by atoms with Crippen LogP contribution in [0, 0.1) is 0 Å². The van der Waals surface area contributed by atoms with Crippen LogP contribution < -0.4 is 0 Å². The van der Waals surface area contributed by atoms with Gasteiger partial charge in [-0.3, -0.25) is 0 Å². The van der Waals surface area contributed by atoms with Gasteiger partial charge in [-0.15, -0.1) is 10.2 Å². The molecule has 1 heterocycles. The predicted molar refractivity (Wildman–Crippen MR) is 70.1 cm³/mol. The van der Waals surface area contributed by atoms with Gasteiger partial charge in [-0.05, 0) is 25.3 Å². The van der Waals surface area contributed by atoms with Gasteiger partial charge in [0, 0.05) is 13.0 Å². The predicted octanol–water partition coefficient (Wildman–Crippen LogP) is 1.97. The average Bonchev–Trinajstić information content (AvgIpc) is 2.82. The van der Waals surface area contributed by atoms with Gasteiger partial charge in [-0.2, -0.15) is 0 Å². The van der Waals surface area contributed by atoms with Crippen LogP contribution in [0.15, 0.2) is 30.3 Å². The largest absolute Gasteiger partial charge is 0.388 e. The molecular weight excluding hydrogens is 226 g/mol. The molecule has 0 atom stereocenters. The summed E-state index contributed by atoms with van der Waals surface area (Å²) in [5.41, 5.74) is 1.35. The van der Waals surface area contributed by atoms with Crippen molar-refractivity contribution in [1.29, 1.82) is 0 Å². The molecule has 0 saturated heterocycles. The van der Waals surface area contributed by atoms with E-state index in [1.807, 2.05) is 17.6 Å². The molecule has 18 heavy (non-hydrogen) atoms. The maximum Gasteiger partial charge on any atom is 0.158 e. The molecule has 0 radical (unpaired) electrons. The Kier molecular flexibility index (Phi) is 4.47. The Hall–Kier alpha value is -1.68. The van der Waals surface area contributed by atoms with Gasteiger partial charge in [-0.1, -0.05) is 30.3 Å². The molecule has 0 aliphatic rings. The average molecular weight is 245 g/mol. The zero-order valence-electron chi connectivity index (χ0n) is 10.7. The Balaban J connectivity index is 1.92. The summed E-state index contributed by atoms with van der Waals surface area (Å²) < 4.78 is 1.99. The van der Waals surface area contributed by atoms with E-state index in [2.05, 4.69) is 34.5 Å². The molecule has 0 aliphatic heterocycles. The molecule has 1 N–H and O–H groups in total. The molecule has 0 saturated carbocycles. The molecule has 0 unspecified atom stereocenters. The van der Waals surface area contributed by atoms with Crippen LogP contribution in [-0.4, -0.2) is 19.9 Å². The lowest BCUT2D eigenvalue weighted by Gasteiger charge is -2.06. The first-order valence-electron chi connectivity index (χ1n) is 6.41. The van der Waals surface area contributed by atoms with Crippen LogP contribution in [0.1, 0.15) is 30.6 Å². The Morgan fingerprint density at radius 1 is 1.06 bits per heavy atom. The van der Waals surface area contributed by atoms with Gasteiger partial charge in [0.25, 0.3) is 0 Å². The van der Waals surface area contributed by atoms with Crippen molar-refractivity contribution in [3.8, 4) is 0 Å². The highest BCUT2D eigenvalue weighted by Gasteiger charge is 2.09. The zero-order chi connectivity index (χ0) is 12.8. The molecule has 0 spiro atoms. The van der Waals surface area contributed by atoms with Crippen LogP contribution in [-0.2, 0) is 26.0 Å². The highest BCUT2D eigenvalue weighted by molar-refractivity contribution is 5.14. The number of rotatable bonds is 6. The van der Waals surface area contributed by atoms with E-state index in [1.165, 1.54) is 5.56 Å². The molecule has 4 nitrogen and oxygen atoms in total. The van der Waals surface area contributed by atoms with Crippen molar-refractivity contribution in [1.82, 2.24) is 14.8 Å². The van der Waals surface area contributed by atoms with Crippen molar-refractivity contribution in [2.24, 2.45) is 0 Å². The summed E-state index contributed by atoms with van der Waals surface area (Å²) in [5.74, 6) is 1.63. The van der Waals surface area contributed by atoms with Crippen LogP contribution in [0.3, 0.4) is 0 Å². The first kappa shape index (κ1) is 12.8. The molecule has 2 aromatic rings. The minimum atomic E-state index is -0.0421. The van der Waals surface area contributed by atoms with Crippen molar-refractivity contribution in [3.63, 3.8) is 0 Å². The van der Waals surface area contributed by atoms with Crippen molar-refractivity contribution in [3.05, 3.63) is 47.5 Å². The molecule has 1 aromatic heterocycles. The highest BCUT2D eigenvalue weighted by Crippen LogP contribution is 2.08. The first-order valence-corrected chi connectivity index (χ1v) is 6.41. The second-order valence-electron chi connectivity index (χ2n) is 4.27. The van der Waals surface area contributed by atoms with E-state index < -0.39 is 0 Å². The minimum Gasteiger partial charge on any atom is -0.388 e. The summed E-state index contributed by atoms with van der Waals surface area (Å²) in [7, 11) is 0. The third kappa shape index (κ3) is 2.96. The van der Waals surface area contributed by atoms with Crippen LogP contribution in [0.2, 0.25) is 0 Å². The van der Waals surface area contributed by atoms with E-state index in [4.69, 9.17) is 5.11 Å². The van der Waals surface area contributed by atoms with E-state index in [-0.39, 0.29) is 6.61 Å². The fourth-order valence-electron chi connectivity index (χ4n) is 2.13. The summed E-state index contributed by atoms with van der Waals surface area (Å²) in [6.07, 6.45) is 3.00.